The van der Waals surface area contributed by atoms with E-state index in [0.29, 0.717) is 6.61 Å². The molecule has 1 aromatic carbocycles. The van der Waals surface area contributed by atoms with E-state index in [1.54, 1.807) is 6.20 Å². The van der Waals surface area contributed by atoms with Gasteiger partial charge in [-0.05, 0) is 43.5 Å². The SMILES string of the molecule is CCC(N)Cc1cc(Br)ccc1OCCn1ccnc1C. The molecule has 0 saturated carbocycles. The van der Waals surface area contributed by atoms with E-state index in [2.05, 4.69) is 38.5 Å². The zero-order valence-electron chi connectivity index (χ0n) is 12.6. The number of hydrogen-bond acceptors (Lipinski definition) is 3. The van der Waals surface area contributed by atoms with Crippen molar-refractivity contribution in [2.75, 3.05) is 6.61 Å². The number of nitrogens with zero attached hydrogens (tertiary/aromatic N) is 2. The van der Waals surface area contributed by atoms with Crippen LogP contribution in [0.15, 0.2) is 35.1 Å². The van der Waals surface area contributed by atoms with E-state index in [0.717, 1.165) is 41.0 Å². The van der Waals surface area contributed by atoms with E-state index in [-0.39, 0.29) is 6.04 Å². The Morgan fingerprint density at radius 1 is 1.43 bits per heavy atom. The van der Waals surface area contributed by atoms with Crippen molar-refractivity contribution in [3.05, 3.63) is 46.5 Å². The van der Waals surface area contributed by atoms with Crippen molar-refractivity contribution in [2.24, 2.45) is 5.73 Å². The Labute approximate surface area is 134 Å². The van der Waals surface area contributed by atoms with Gasteiger partial charge in [-0.3, -0.25) is 0 Å². The maximum atomic E-state index is 6.07. The Balaban J connectivity index is 2.00. The molecule has 0 bridgehead atoms. The molecular weight excluding hydrogens is 330 g/mol. The van der Waals surface area contributed by atoms with Crippen LogP contribution < -0.4 is 10.5 Å². The molecule has 2 aromatic rings. The van der Waals surface area contributed by atoms with Crippen LogP contribution in [0.1, 0.15) is 24.7 Å². The van der Waals surface area contributed by atoms with Crippen LogP contribution >= 0.6 is 15.9 Å². The summed E-state index contributed by atoms with van der Waals surface area (Å²) < 4.78 is 9.07. The maximum absolute atomic E-state index is 6.07. The van der Waals surface area contributed by atoms with Crippen LogP contribution in [-0.2, 0) is 13.0 Å². The Morgan fingerprint density at radius 3 is 2.90 bits per heavy atom. The van der Waals surface area contributed by atoms with Gasteiger partial charge in [0.05, 0.1) is 6.54 Å². The number of nitrogens with two attached hydrogens (primary N) is 1. The monoisotopic (exact) mass is 351 g/mol. The summed E-state index contributed by atoms with van der Waals surface area (Å²) in [5.41, 5.74) is 7.22. The molecule has 0 fully saturated rings. The predicted octanol–water partition coefficient (Wildman–Crippen LogP) is 3.31. The van der Waals surface area contributed by atoms with Crippen molar-refractivity contribution in [3.8, 4) is 5.75 Å². The van der Waals surface area contributed by atoms with Crippen LogP contribution in [0.4, 0.5) is 0 Å². The van der Waals surface area contributed by atoms with Crippen molar-refractivity contribution >= 4 is 15.9 Å². The third kappa shape index (κ3) is 4.58. The van der Waals surface area contributed by atoms with Crippen molar-refractivity contribution in [1.82, 2.24) is 9.55 Å². The smallest absolute Gasteiger partial charge is 0.122 e. The van der Waals surface area contributed by atoms with Crippen molar-refractivity contribution in [2.45, 2.75) is 39.3 Å². The predicted molar refractivity (Wildman–Crippen MR) is 88.6 cm³/mol. The molecule has 0 aliphatic rings. The average molecular weight is 352 g/mol. The zero-order chi connectivity index (χ0) is 15.2. The molecule has 0 saturated heterocycles. The topological polar surface area (TPSA) is 53.1 Å². The summed E-state index contributed by atoms with van der Waals surface area (Å²) in [5.74, 6) is 1.92. The van der Waals surface area contributed by atoms with Gasteiger partial charge in [0.1, 0.15) is 18.2 Å². The number of rotatable bonds is 7. The fourth-order valence-corrected chi connectivity index (χ4v) is 2.58. The second-order valence-corrected chi connectivity index (χ2v) is 6.06. The number of hydrogen-bond donors (Lipinski definition) is 1. The molecule has 1 heterocycles. The van der Waals surface area contributed by atoms with Crippen LogP contribution in [0.3, 0.4) is 0 Å². The first kappa shape index (κ1) is 16.0. The molecule has 21 heavy (non-hydrogen) atoms. The third-order valence-corrected chi connectivity index (χ3v) is 4.04. The molecule has 1 aromatic heterocycles. The molecule has 1 atom stereocenters. The van der Waals surface area contributed by atoms with Gasteiger partial charge in [0.25, 0.3) is 0 Å². The fourth-order valence-electron chi connectivity index (χ4n) is 2.17. The zero-order valence-corrected chi connectivity index (χ0v) is 14.1. The van der Waals surface area contributed by atoms with Gasteiger partial charge in [-0.15, -0.1) is 0 Å². The summed E-state index contributed by atoms with van der Waals surface area (Å²) in [4.78, 5) is 4.21. The minimum atomic E-state index is 0.164. The second kappa shape index (κ2) is 7.61. The Kier molecular flexibility index (Phi) is 5.82. The normalized spacial score (nSPS) is 12.4. The molecule has 0 aliphatic heterocycles. The lowest BCUT2D eigenvalue weighted by atomic mass is 10.0. The van der Waals surface area contributed by atoms with Crippen molar-refractivity contribution in [3.63, 3.8) is 0 Å². The number of benzene rings is 1. The van der Waals surface area contributed by atoms with Crippen LogP contribution in [0.2, 0.25) is 0 Å². The molecule has 0 spiro atoms. The first-order valence-corrected chi connectivity index (χ1v) is 8.04. The van der Waals surface area contributed by atoms with Gasteiger partial charge in [0.15, 0.2) is 0 Å². The Hall–Kier alpha value is -1.33. The molecule has 2 rings (SSSR count). The molecule has 0 radical (unpaired) electrons. The quantitative estimate of drug-likeness (QED) is 0.832. The molecule has 0 aliphatic carbocycles. The fraction of sp³-hybridized carbons (Fsp3) is 0.438. The van der Waals surface area contributed by atoms with E-state index >= 15 is 0 Å². The molecule has 0 amide bonds. The van der Waals surface area contributed by atoms with Gasteiger partial charge in [-0.1, -0.05) is 22.9 Å². The second-order valence-electron chi connectivity index (χ2n) is 5.14. The lowest BCUT2D eigenvalue weighted by Gasteiger charge is -2.15. The first-order chi connectivity index (χ1) is 10.1. The van der Waals surface area contributed by atoms with E-state index in [1.165, 1.54) is 0 Å². The summed E-state index contributed by atoms with van der Waals surface area (Å²) >= 11 is 3.51. The Bertz CT molecular complexity index is 583. The first-order valence-electron chi connectivity index (χ1n) is 7.24. The molecule has 2 N–H and O–H groups in total. The van der Waals surface area contributed by atoms with Crippen LogP contribution in [0.5, 0.6) is 5.75 Å². The number of ether oxygens (including phenoxy) is 1. The van der Waals surface area contributed by atoms with Crippen LogP contribution in [0, 0.1) is 6.92 Å². The molecular formula is C16H22BrN3O. The van der Waals surface area contributed by atoms with Crippen LogP contribution in [0.25, 0.3) is 0 Å². The largest absolute Gasteiger partial charge is 0.491 e. The highest BCUT2D eigenvalue weighted by Crippen LogP contribution is 2.24. The molecule has 1 unspecified atom stereocenters. The van der Waals surface area contributed by atoms with Gasteiger partial charge in [-0.25, -0.2) is 4.98 Å². The summed E-state index contributed by atoms with van der Waals surface area (Å²) in [6.45, 7) is 5.50. The lowest BCUT2D eigenvalue weighted by molar-refractivity contribution is 0.293. The minimum Gasteiger partial charge on any atom is -0.491 e. The summed E-state index contributed by atoms with van der Waals surface area (Å²) in [6, 6.07) is 6.26. The van der Waals surface area contributed by atoms with E-state index < -0.39 is 0 Å². The van der Waals surface area contributed by atoms with Crippen molar-refractivity contribution in [1.29, 1.82) is 0 Å². The van der Waals surface area contributed by atoms with Crippen molar-refractivity contribution < 1.29 is 4.74 Å². The van der Waals surface area contributed by atoms with E-state index in [9.17, 15) is 0 Å². The highest BCUT2D eigenvalue weighted by molar-refractivity contribution is 9.10. The standard InChI is InChI=1S/C16H22BrN3O/c1-3-15(18)11-13-10-14(17)4-5-16(13)21-9-8-20-7-6-19-12(20)2/h4-7,10,15H,3,8-9,11,18H2,1-2H3. The number of imidazole rings is 1. The minimum absolute atomic E-state index is 0.164. The van der Waals surface area contributed by atoms with Gasteiger partial charge < -0.3 is 15.0 Å². The third-order valence-electron chi connectivity index (χ3n) is 3.54. The maximum Gasteiger partial charge on any atom is 0.122 e. The number of halogens is 1. The average Bonchev–Trinajstić information content (AvgIpc) is 2.86. The molecule has 5 heteroatoms. The van der Waals surface area contributed by atoms with E-state index in [4.69, 9.17) is 10.5 Å². The van der Waals surface area contributed by atoms with Gasteiger partial charge in [0, 0.05) is 22.9 Å². The van der Waals surface area contributed by atoms with Gasteiger partial charge >= 0.3 is 0 Å². The highest BCUT2D eigenvalue weighted by atomic mass is 79.9. The van der Waals surface area contributed by atoms with Gasteiger partial charge in [0.2, 0.25) is 0 Å². The van der Waals surface area contributed by atoms with E-state index in [1.807, 2.05) is 25.3 Å². The molecule has 4 nitrogen and oxygen atoms in total. The highest BCUT2D eigenvalue weighted by Gasteiger charge is 2.09. The summed E-state index contributed by atoms with van der Waals surface area (Å²) in [7, 11) is 0. The summed E-state index contributed by atoms with van der Waals surface area (Å²) in [6.07, 6.45) is 5.56. The number of aromatic nitrogens is 2. The number of aryl methyl sites for hydroxylation is 1. The lowest BCUT2D eigenvalue weighted by Crippen LogP contribution is -2.22. The van der Waals surface area contributed by atoms with Gasteiger partial charge in [-0.2, -0.15) is 0 Å². The molecule has 114 valence electrons. The summed E-state index contributed by atoms with van der Waals surface area (Å²) in [5, 5.41) is 0. The van der Waals surface area contributed by atoms with Crippen LogP contribution in [-0.4, -0.2) is 22.2 Å². The Morgan fingerprint density at radius 2 is 2.24 bits per heavy atom.